The molecule has 0 atom stereocenters. The van der Waals surface area contributed by atoms with Crippen LogP contribution in [0.1, 0.15) is 10.4 Å². The molecule has 3 rings (SSSR count). The number of benzene rings is 2. The van der Waals surface area contributed by atoms with Crippen LogP contribution in [0.2, 0.25) is 0 Å². The van der Waals surface area contributed by atoms with Crippen molar-refractivity contribution in [3.8, 4) is 5.75 Å². The summed E-state index contributed by atoms with van der Waals surface area (Å²) < 4.78 is 6.51. The van der Waals surface area contributed by atoms with Crippen LogP contribution in [0.5, 0.6) is 5.75 Å². The first-order valence-electron chi connectivity index (χ1n) is 6.79. The van der Waals surface area contributed by atoms with Crippen LogP contribution in [0.4, 0.5) is 5.69 Å². The van der Waals surface area contributed by atoms with E-state index in [9.17, 15) is 5.11 Å². The fourth-order valence-electron chi connectivity index (χ4n) is 2.33. The molecule has 0 aliphatic rings. The highest BCUT2D eigenvalue weighted by Gasteiger charge is 2.05. The zero-order chi connectivity index (χ0) is 14.7. The van der Waals surface area contributed by atoms with E-state index in [0.29, 0.717) is 5.75 Å². The second kappa shape index (κ2) is 6.16. The van der Waals surface area contributed by atoms with E-state index in [1.165, 1.54) is 15.0 Å². The second-order valence-corrected chi connectivity index (χ2v) is 5.96. The fourth-order valence-corrected chi connectivity index (χ4v) is 3.33. The van der Waals surface area contributed by atoms with Gasteiger partial charge >= 0.3 is 0 Å². The lowest BCUT2D eigenvalue weighted by molar-refractivity contribution is 0.274. The number of hydrogen-bond donors (Lipinski definition) is 2. The van der Waals surface area contributed by atoms with E-state index in [1.54, 1.807) is 18.4 Å². The summed E-state index contributed by atoms with van der Waals surface area (Å²) in [6.07, 6.45) is 0. The minimum absolute atomic E-state index is 0.0262. The van der Waals surface area contributed by atoms with E-state index in [0.717, 1.165) is 17.8 Å². The first-order valence-corrected chi connectivity index (χ1v) is 7.61. The maximum Gasteiger partial charge on any atom is 0.124 e. The molecular weight excluding hydrogens is 282 g/mol. The Balaban J connectivity index is 1.75. The number of hydrogen-bond acceptors (Lipinski definition) is 4. The molecule has 0 saturated carbocycles. The standard InChI is InChI=1S/C17H17NO2S/c1-20-16-7-6-14(8-13(16)11-19)18-10-15-9-12-4-2-3-5-17(12)21-15/h2-9,18-19H,10-11H2,1H3. The van der Waals surface area contributed by atoms with Crippen molar-refractivity contribution in [1.29, 1.82) is 0 Å². The Morgan fingerprint density at radius 2 is 2.00 bits per heavy atom. The van der Waals surface area contributed by atoms with Crippen molar-refractivity contribution in [2.24, 2.45) is 0 Å². The van der Waals surface area contributed by atoms with Gasteiger partial charge in [0.2, 0.25) is 0 Å². The molecule has 0 bridgehead atoms. The van der Waals surface area contributed by atoms with Crippen LogP contribution in [0.3, 0.4) is 0 Å². The van der Waals surface area contributed by atoms with Crippen LogP contribution >= 0.6 is 11.3 Å². The summed E-state index contributed by atoms with van der Waals surface area (Å²) in [6, 6.07) is 16.4. The fraction of sp³-hybridized carbons (Fsp3) is 0.176. The average Bonchev–Trinajstić information content (AvgIpc) is 2.95. The van der Waals surface area contributed by atoms with E-state index in [1.807, 2.05) is 18.2 Å². The predicted molar refractivity (Wildman–Crippen MR) is 88.1 cm³/mol. The Bertz CT molecular complexity index is 718. The third kappa shape index (κ3) is 3.01. The Morgan fingerprint density at radius 3 is 2.76 bits per heavy atom. The van der Waals surface area contributed by atoms with Crippen molar-refractivity contribution >= 4 is 27.1 Å². The summed E-state index contributed by atoms with van der Waals surface area (Å²) >= 11 is 1.80. The zero-order valence-electron chi connectivity index (χ0n) is 11.8. The molecule has 0 fully saturated rings. The Kier molecular flexibility index (Phi) is 4.08. The molecule has 3 nitrogen and oxygen atoms in total. The molecule has 0 unspecified atom stereocenters. The lowest BCUT2D eigenvalue weighted by Gasteiger charge is -2.10. The number of methoxy groups -OCH3 is 1. The molecule has 108 valence electrons. The number of rotatable bonds is 5. The van der Waals surface area contributed by atoms with E-state index in [4.69, 9.17) is 4.74 Å². The Hall–Kier alpha value is -2.04. The van der Waals surface area contributed by atoms with Gasteiger partial charge < -0.3 is 15.2 Å². The lowest BCUT2D eigenvalue weighted by Crippen LogP contribution is -1.99. The average molecular weight is 299 g/mol. The summed E-state index contributed by atoms with van der Waals surface area (Å²) in [5.41, 5.74) is 1.77. The molecule has 0 amide bonds. The minimum Gasteiger partial charge on any atom is -0.496 e. The van der Waals surface area contributed by atoms with Crippen LogP contribution in [-0.4, -0.2) is 12.2 Å². The van der Waals surface area contributed by atoms with E-state index in [-0.39, 0.29) is 6.61 Å². The van der Waals surface area contributed by atoms with Gasteiger partial charge in [-0.3, -0.25) is 0 Å². The van der Waals surface area contributed by atoms with Crippen molar-refractivity contribution in [2.75, 3.05) is 12.4 Å². The maximum atomic E-state index is 9.35. The number of aliphatic hydroxyl groups excluding tert-OH is 1. The molecule has 3 aromatic rings. The Labute approximate surface area is 127 Å². The van der Waals surface area contributed by atoms with Crippen LogP contribution < -0.4 is 10.1 Å². The third-order valence-electron chi connectivity index (χ3n) is 3.39. The molecule has 1 heterocycles. The molecule has 0 radical (unpaired) electrons. The van der Waals surface area contributed by atoms with Gasteiger partial charge in [0.1, 0.15) is 5.75 Å². The van der Waals surface area contributed by atoms with Gasteiger partial charge in [-0.05, 0) is 35.7 Å². The van der Waals surface area contributed by atoms with Gasteiger partial charge in [-0.2, -0.15) is 0 Å². The number of anilines is 1. The third-order valence-corrected chi connectivity index (χ3v) is 4.51. The van der Waals surface area contributed by atoms with Crippen molar-refractivity contribution in [3.63, 3.8) is 0 Å². The monoisotopic (exact) mass is 299 g/mol. The maximum absolute atomic E-state index is 9.35. The van der Waals surface area contributed by atoms with Gasteiger partial charge in [-0.1, -0.05) is 18.2 Å². The van der Waals surface area contributed by atoms with Gasteiger partial charge in [-0.25, -0.2) is 0 Å². The summed E-state index contributed by atoms with van der Waals surface area (Å²) in [5.74, 6) is 0.713. The smallest absolute Gasteiger partial charge is 0.124 e. The van der Waals surface area contributed by atoms with E-state index < -0.39 is 0 Å². The first-order chi connectivity index (χ1) is 10.3. The number of ether oxygens (including phenoxy) is 1. The second-order valence-electron chi connectivity index (χ2n) is 4.79. The summed E-state index contributed by atoms with van der Waals surface area (Å²) in [5, 5.41) is 14.0. The summed E-state index contributed by atoms with van der Waals surface area (Å²) in [4.78, 5) is 1.29. The molecular formula is C17H17NO2S. The molecule has 0 aliphatic carbocycles. The van der Waals surface area contributed by atoms with Crippen LogP contribution in [-0.2, 0) is 13.2 Å². The van der Waals surface area contributed by atoms with Crippen molar-refractivity contribution in [3.05, 3.63) is 59.0 Å². The van der Waals surface area contributed by atoms with Gasteiger partial charge in [0, 0.05) is 27.4 Å². The summed E-state index contributed by atoms with van der Waals surface area (Å²) in [7, 11) is 1.61. The molecule has 21 heavy (non-hydrogen) atoms. The molecule has 2 N–H and O–H groups in total. The highest BCUT2D eigenvalue weighted by Crippen LogP contribution is 2.27. The minimum atomic E-state index is -0.0262. The van der Waals surface area contributed by atoms with E-state index >= 15 is 0 Å². The largest absolute Gasteiger partial charge is 0.496 e. The topological polar surface area (TPSA) is 41.5 Å². The van der Waals surface area contributed by atoms with E-state index in [2.05, 4.69) is 35.6 Å². The normalized spacial score (nSPS) is 10.8. The molecule has 1 aromatic heterocycles. The number of nitrogens with one attached hydrogen (secondary N) is 1. The molecule has 4 heteroatoms. The summed E-state index contributed by atoms with van der Waals surface area (Å²) in [6.45, 7) is 0.748. The molecule has 0 aliphatic heterocycles. The quantitative estimate of drug-likeness (QED) is 0.748. The van der Waals surface area contributed by atoms with Crippen molar-refractivity contribution in [2.45, 2.75) is 13.2 Å². The molecule has 0 spiro atoms. The Morgan fingerprint density at radius 1 is 1.14 bits per heavy atom. The highest BCUT2D eigenvalue weighted by atomic mass is 32.1. The van der Waals surface area contributed by atoms with Crippen LogP contribution in [0, 0.1) is 0 Å². The van der Waals surface area contributed by atoms with Gasteiger partial charge in [0.25, 0.3) is 0 Å². The van der Waals surface area contributed by atoms with Gasteiger partial charge in [0.05, 0.1) is 13.7 Å². The number of thiophene rings is 1. The zero-order valence-corrected chi connectivity index (χ0v) is 12.6. The van der Waals surface area contributed by atoms with Crippen LogP contribution in [0.15, 0.2) is 48.5 Å². The van der Waals surface area contributed by atoms with Gasteiger partial charge in [-0.15, -0.1) is 11.3 Å². The van der Waals surface area contributed by atoms with Crippen molar-refractivity contribution in [1.82, 2.24) is 0 Å². The molecule has 0 saturated heterocycles. The molecule has 2 aromatic carbocycles. The lowest BCUT2D eigenvalue weighted by atomic mass is 10.2. The van der Waals surface area contributed by atoms with Gasteiger partial charge in [0.15, 0.2) is 0 Å². The first kappa shape index (κ1) is 13.9. The SMILES string of the molecule is COc1ccc(NCc2cc3ccccc3s2)cc1CO. The number of aliphatic hydroxyl groups is 1. The number of fused-ring (bicyclic) bond motifs is 1. The highest BCUT2D eigenvalue weighted by molar-refractivity contribution is 7.19. The van der Waals surface area contributed by atoms with Crippen LogP contribution in [0.25, 0.3) is 10.1 Å². The predicted octanol–water partition coefficient (Wildman–Crippen LogP) is 4.01. The van der Waals surface area contributed by atoms with Crippen molar-refractivity contribution < 1.29 is 9.84 Å².